The summed E-state index contributed by atoms with van der Waals surface area (Å²) in [5.41, 5.74) is 3.04. The van der Waals surface area contributed by atoms with Gasteiger partial charge < -0.3 is 75.1 Å². The molecule has 0 aliphatic rings. The quantitative estimate of drug-likeness (QED) is 0.0256. The van der Waals surface area contributed by atoms with Gasteiger partial charge in [0.05, 0.1) is 183 Å². The molecule has 0 aliphatic heterocycles. The van der Waals surface area contributed by atoms with E-state index in [9.17, 15) is 23.6 Å². The van der Waals surface area contributed by atoms with Crippen LogP contribution in [0, 0.1) is 0 Å². The summed E-state index contributed by atoms with van der Waals surface area (Å²) in [6.07, 6.45) is 10.1. The first-order valence-electron chi connectivity index (χ1n) is 33.6. The van der Waals surface area contributed by atoms with Gasteiger partial charge in [0, 0.05) is 64.4 Å². The normalized spacial score (nSPS) is 11.6. The molecule has 0 bridgehead atoms. The summed E-state index contributed by atoms with van der Waals surface area (Å²) in [5, 5.41) is 3.87. The van der Waals surface area contributed by atoms with Crippen molar-refractivity contribution in [3.05, 3.63) is 128 Å². The molecule has 27 heteroatoms. The number of methoxy groups -OCH3 is 4. The SMILES string of the molecule is CCC[CH2][Sn]([CH2]CCC)([CH2]CCC)[c]1ccco1.COCCOCCOCCn1c(=O)c(-c2cccs2)cc2c1cc(-c1cccs1)c(=O)n2CCOCCOCCOC.COCCOCCOCCn1c(=O)c(Br)cc2c1cc(Br)c(=O)n2CCOCCOCCOC.[2H]CF. The fourth-order valence-electron chi connectivity index (χ4n) is 10.4. The first-order chi connectivity index (χ1) is 47.4. The van der Waals surface area contributed by atoms with Gasteiger partial charge in [-0.25, -0.2) is 0 Å². The number of unbranched alkanes of at least 4 members (excludes halogenated alkanes) is 3. The Bertz CT molecular complexity index is 3220. The van der Waals surface area contributed by atoms with Gasteiger partial charge in [0.15, 0.2) is 0 Å². The van der Waals surface area contributed by atoms with E-state index in [4.69, 9.17) is 62.6 Å². The van der Waals surface area contributed by atoms with Crippen molar-refractivity contribution in [2.45, 2.75) is 98.8 Å². The molecule has 538 valence electrons. The summed E-state index contributed by atoms with van der Waals surface area (Å²) in [6.45, 7) is 17.0. The van der Waals surface area contributed by atoms with Gasteiger partial charge in [-0.1, -0.05) is 12.1 Å². The van der Waals surface area contributed by atoms with Crippen LogP contribution in [0.1, 0.15) is 60.7 Å². The smallest absolute Gasteiger partial charge is 0.265 e. The second kappa shape index (κ2) is 51.4. The van der Waals surface area contributed by atoms with Gasteiger partial charge in [0.25, 0.3) is 22.2 Å². The van der Waals surface area contributed by atoms with Gasteiger partial charge >= 0.3 is 118 Å². The zero-order valence-corrected chi connectivity index (χ0v) is 64.9. The van der Waals surface area contributed by atoms with Crippen LogP contribution in [0.2, 0.25) is 13.3 Å². The van der Waals surface area contributed by atoms with Crippen molar-refractivity contribution >= 4 is 98.8 Å². The molecule has 0 unspecified atom stereocenters. The summed E-state index contributed by atoms with van der Waals surface area (Å²) < 4.78 is 99.0. The average molecular weight is 1620 g/mol. The van der Waals surface area contributed by atoms with Crippen LogP contribution in [0.4, 0.5) is 4.39 Å². The van der Waals surface area contributed by atoms with E-state index < -0.39 is 25.5 Å². The predicted octanol–water partition coefficient (Wildman–Crippen LogP) is 11.9. The number of furan rings is 1. The van der Waals surface area contributed by atoms with Crippen LogP contribution in [0.5, 0.6) is 0 Å². The Labute approximate surface area is 595 Å². The van der Waals surface area contributed by atoms with E-state index >= 15 is 0 Å². The Morgan fingerprint density at radius 3 is 1.00 bits per heavy atom. The van der Waals surface area contributed by atoms with Crippen LogP contribution in [0.15, 0.2) is 110 Å². The van der Waals surface area contributed by atoms with Crippen molar-refractivity contribution in [3.8, 4) is 20.9 Å². The van der Waals surface area contributed by atoms with Crippen LogP contribution in [-0.2, 0) is 83.0 Å². The first-order valence-corrected chi connectivity index (χ1v) is 43.7. The minimum atomic E-state index is -2.20. The standard InChI is InChI=1S/C30H38N2O8S2.C22H32Br2N2O8.C4H3O.3C4H9.CH3F.Sn/c1-35-11-13-39-17-15-37-9-7-31-25-21-24(28-6-4-20-42-28)30(34)32(8-10-38-16-18-40-14-12-36-2)26(25)22-23(29(31)33)27-5-3-19-41-27;1-29-7-9-33-13-11-31-5-3-25-19-15-18(24)22(28)26(20(19)16-17(23)21(25)27)4-6-32-12-14-34-10-8-30-2;1-2-4-5-3-1;3*1-3-4-2;1-2;/h3-6,19-22H,7-18H2,1-2H3;15-16H,3-14H2,1-2H3;1-3H;3*1,3-4H2,2H3;1H3;/i;;;;;;1D;. The maximum atomic E-state index is 13.9. The van der Waals surface area contributed by atoms with Crippen LogP contribution < -0.4 is 26.0 Å². The molecular weight excluding hydrogens is 1520 g/mol. The molecular formula is C69H103Br2FN4O17S2Sn. The summed E-state index contributed by atoms with van der Waals surface area (Å²) >= 11 is 7.45. The molecule has 0 aliphatic carbocycles. The molecule has 0 aromatic carbocycles. The number of aromatic nitrogens is 4. The third kappa shape index (κ3) is 28.7. The molecule has 0 saturated heterocycles. The second-order valence-corrected chi connectivity index (χ2v) is 38.5. The number of alkyl halides is 1. The number of ether oxygens (including phenoxy) is 12. The number of halogens is 3. The molecule has 0 N–H and O–H groups in total. The Kier molecular flexibility index (Phi) is 44.3. The van der Waals surface area contributed by atoms with Gasteiger partial charge in [-0.3, -0.25) is 23.6 Å². The number of fused-ring (bicyclic) bond motifs is 2. The molecule has 7 rings (SSSR count). The zero-order chi connectivity index (χ0) is 70.3. The fourth-order valence-corrected chi connectivity index (χ4v) is 28.0. The monoisotopic (exact) mass is 1620 g/mol. The predicted molar refractivity (Wildman–Crippen MR) is 391 cm³/mol. The minimum Gasteiger partial charge on any atom is -0.382 e. The van der Waals surface area contributed by atoms with Crippen molar-refractivity contribution in [3.63, 3.8) is 0 Å². The number of hydrogen-bond acceptors (Lipinski definition) is 19. The first kappa shape index (κ1) is 82.9. The van der Waals surface area contributed by atoms with Crippen molar-refractivity contribution in [2.75, 3.05) is 168 Å². The summed E-state index contributed by atoms with van der Waals surface area (Å²) in [4.78, 5) is 55.0. The van der Waals surface area contributed by atoms with Gasteiger partial charge in [-0.15, -0.1) is 22.7 Å². The minimum absolute atomic E-state index is 0.128. The number of rotatable bonds is 48. The summed E-state index contributed by atoms with van der Waals surface area (Å²) in [7, 11) is 5.49. The molecule has 0 atom stereocenters. The molecule has 0 fully saturated rings. The number of nitrogens with zero attached hydrogens (tertiary/aromatic N) is 4. The molecule has 96 heavy (non-hydrogen) atoms. The number of pyridine rings is 4. The second-order valence-electron chi connectivity index (χ2n) is 21.9. The van der Waals surface area contributed by atoms with Crippen LogP contribution >= 0.6 is 54.5 Å². The summed E-state index contributed by atoms with van der Waals surface area (Å²) in [6, 6.07) is 19.0. The maximum absolute atomic E-state index is 13.9. The Morgan fingerprint density at radius 2 is 0.729 bits per heavy atom. The molecule has 7 aromatic heterocycles. The van der Waals surface area contributed by atoms with Crippen molar-refractivity contribution < 1.29 is 67.0 Å². The largest absolute Gasteiger partial charge is 0.382 e. The van der Waals surface area contributed by atoms with E-state index in [2.05, 4.69) is 64.8 Å². The van der Waals surface area contributed by atoms with E-state index in [1.54, 1.807) is 58.8 Å². The Hall–Kier alpha value is -3.79. The van der Waals surface area contributed by atoms with Crippen molar-refractivity contribution in [1.82, 2.24) is 18.3 Å². The summed E-state index contributed by atoms with van der Waals surface area (Å²) in [5.74, 6) is 0. The molecule has 0 saturated carbocycles. The van der Waals surface area contributed by atoms with E-state index in [-0.39, 0.29) is 22.2 Å². The van der Waals surface area contributed by atoms with Crippen molar-refractivity contribution in [2.24, 2.45) is 0 Å². The molecule has 0 spiro atoms. The van der Waals surface area contributed by atoms with E-state index in [0.29, 0.717) is 200 Å². The molecule has 0 radical (unpaired) electrons. The maximum Gasteiger partial charge on any atom is 0.265 e. The van der Waals surface area contributed by atoms with Gasteiger partial charge in [0.2, 0.25) is 0 Å². The van der Waals surface area contributed by atoms with Crippen LogP contribution in [-0.4, -0.2) is 204 Å². The van der Waals surface area contributed by atoms with E-state index in [1.165, 1.54) is 78.3 Å². The molecule has 21 nitrogen and oxygen atoms in total. The van der Waals surface area contributed by atoms with Crippen LogP contribution in [0.3, 0.4) is 0 Å². The number of hydrogen-bond donors (Lipinski definition) is 0. The molecule has 7 aromatic rings. The van der Waals surface area contributed by atoms with E-state index in [0.717, 1.165) is 9.75 Å². The number of thiophene rings is 2. The Balaban J connectivity index is 0.000000325. The Morgan fingerprint density at radius 1 is 0.438 bits per heavy atom. The average Bonchev–Trinajstić information content (AvgIpc) is 1.07. The van der Waals surface area contributed by atoms with Gasteiger partial charge in [-0.2, -0.15) is 0 Å². The third-order valence-corrected chi connectivity index (χ3v) is 33.3. The third-order valence-electron chi connectivity index (χ3n) is 15.3. The van der Waals surface area contributed by atoms with Gasteiger partial charge in [-0.05, 0) is 79.0 Å². The fraction of sp³-hybridized carbons (Fsp3) is 0.594. The van der Waals surface area contributed by atoms with E-state index in [1.807, 2.05) is 53.4 Å². The molecule has 0 amide bonds. The topological polar surface area (TPSA) is 212 Å². The molecule has 7 heterocycles. The van der Waals surface area contributed by atoms with Crippen LogP contribution in [0.25, 0.3) is 42.9 Å². The van der Waals surface area contributed by atoms with Crippen molar-refractivity contribution in [1.29, 1.82) is 0 Å². The van der Waals surface area contributed by atoms with Gasteiger partial charge in [0.1, 0.15) is 0 Å². The zero-order valence-electron chi connectivity index (χ0n) is 58.2.